The molecule has 1 aliphatic carbocycles. The molecule has 0 aromatic heterocycles. The lowest BCUT2D eigenvalue weighted by Gasteiger charge is -2.22. The Morgan fingerprint density at radius 1 is 1.00 bits per heavy atom. The van der Waals surface area contributed by atoms with Gasteiger partial charge in [-0.15, -0.1) is 0 Å². The molecule has 2 amide bonds. The number of carbonyl (C=O) groups excluding carboxylic acids is 2. The fraction of sp³-hybridized carbons (Fsp3) is 0.364. The van der Waals surface area contributed by atoms with Crippen LogP contribution in [0, 0.1) is 5.92 Å². The largest absolute Gasteiger partial charge is 0.497 e. The normalized spacial score (nSPS) is 15.5. The van der Waals surface area contributed by atoms with Gasteiger partial charge in [0.1, 0.15) is 5.75 Å². The number of ether oxygens (including phenoxy) is 1. The number of methoxy groups -OCH3 is 1. The van der Waals surface area contributed by atoms with Crippen LogP contribution in [0.4, 0.5) is 0 Å². The molecular formula is C22H26N2O3. The van der Waals surface area contributed by atoms with E-state index in [9.17, 15) is 9.59 Å². The molecule has 27 heavy (non-hydrogen) atoms. The quantitative estimate of drug-likeness (QED) is 0.751. The lowest BCUT2D eigenvalue weighted by atomic mass is 10.00. The SMILES string of the molecule is COc1ccc(C(NC(=O)CC(NC(C)=O)c2ccccc2)C2CC2)cc1. The van der Waals surface area contributed by atoms with Crippen molar-refractivity contribution < 1.29 is 14.3 Å². The molecule has 1 aliphatic rings. The molecule has 0 heterocycles. The van der Waals surface area contributed by atoms with Gasteiger partial charge < -0.3 is 15.4 Å². The fourth-order valence-corrected chi connectivity index (χ4v) is 3.31. The molecule has 3 rings (SSSR count). The second-order valence-electron chi connectivity index (χ2n) is 7.02. The molecule has 2 aromatic rings. The third-order valence-corrected chi connectivity index (χ3v) is 4.85. The van der Waals surface area contributed by atoms with Crippen LogP contribution in [-0.4, -0.2) is 18.9 Å². The Balaban J connectivity index is 1.69. The minimum Gasteiger partial charge on any atom is -0.497 e. The fourth-order valence-electron chi connectivity index (χ4n) is 3.31. The van der Waals surface area contributed by atoms with E-state index in [4.69, 9.17) is 4.74 Å². The van der Waals surface area contributed by atoms with Crippen LogP contribution in [0.25, 0.3) is 0 Å². The maximum Gasteiger partial charge on any atom is 0.222 e. The highest BCUT2D eigenvalue weighted by Gasteiger charge is 2.33. The molecule has 0 radical (unpaired) electrons. The van der Waals surface area contributed by atoms with Gasteiger partial charge in [-0.25, -0.2) is 0 Å². The van der Waals surface area contributed by atoms with Gasteiger partial charge in [-0.1, -0.05) is 42.5 Å². The van der Waals surface area contributed by atoms with Crippen LogP contribution in [0.5, 0.6) is 5.75 Å². The predicted octanol–water partition coefficient (Wildman–Crippen LogP) is 3.53. The summed E-state index contributed by atoms with van der Waals surface area (Å²) < 4.78 is 5.22. The number of hydrogen-bond donors (Lipinski definition) is 2. The summed E-state index contributed by atoms with van der Waals surface area (Å²) >= 11 is 0. The van der Waals surface area contributed by atoms with Gasteiger partial charge in [0.15, 0.2) is 0 Å². The van der Waals surface area contributed by atoms with Crippen molar-refractivity contribution in [2.24, 2.45) is 5.92 Å². The second-order valence-corrected chi connectivity index (χ2v) is 7.02. The van der Waals surface area contributed by atoms with E-state index in [-0.39, 0.29) is 30.3 Å². The monoisotopic (exact) mass is 366 g/mol. The van der Waals surface area contributed by atoms with Gasteiger partial charge >= 0.3 is 0 Å². The first-order valence-corrected chi connectivity index (χ1v) is 9.32. The molecule has 5 nitrogen and oxygen atoms in total. The number of nitrogens with one attached hydrogen (secondary N) is 2. The maximum atomic E-state index is 12.8. The van der Waals surface area contributed by atoms with Crippen LogP contribution in [0.3, 0.4) is 0 Å². The van der Waals surface area contributed by atoms with Gasteiger partial charge in [0.05, 0.1) is 25.6 Å². The third kappa shape index (κ3) is 5.33. The van der Waals surface area contributed by atoms with Crippen molar-refractivity contribution in [2.75, 3.05) is 7.11 Å². The highest BCUT2D eigenvalue weighted by atomic mass is 16.5. The third-order valence-electron chi connectivity index (χ3n) is 4.85. The van der Waals surface area contributed by atoms with Gasteiger partial charge in [-0.3, -0.25) is 9.59 Å². The summed E-state index contributed by atoms with van der Waals surface area (Å²) in [6, 6.07) is 17.1. The van der Waals surface area contributed by atoms with Crippen molar-refractivity contribution in [3.8, 4) is 5.75 Å². The van der Waals surface area contributed by atoms with Crippen LogP contribution in [0.1, 0.15) is 49.4 Å². The Morgan fingerprint density at radius 2 is 1.67 bits per heavy atom. The summed E-state index contributed by atoms with van der Waals surface area (Å²) in [7, 11) is 1.64. The van der Waals surface area contributed by atoms with E-state index in [0.29, 0.717) is 5.92 Å². The number of rotatable bonds is 8. The van der Waals surface area contributed by atoms with Crippen molar-refractivity contribution in [2.45, 2.75) is 38.3 Å². The first-order valence-electron chi connectivity index (χ1n) is 9.32. The van der Waals surface area contributed by atoms with Gasteiger partial charge in [-0.05, 0) is 42.0 Å². The molecule has 2 aromatic carbocycles. The smallest absolute Gasteiger partial charge is 0.222 e. The number of amides is 2. The van der Waals surface area contributed by atoms with Gasteiger partial charge in [0, 0.05) is 6.92 Å². The molecule has 5 heteroatoms. The van der Waals surface area contributed by atoms with E-state index in [1.54, 1.807) is 7.11 Å². The van der Waals surface area contributed by atoms with Crippen molar-refractivity contribution >= 4 is 11.8 Å². The lowest BCUT2D eigenvalue weighted by Crippen LogP contribution is -2.35. The molecule has 0 aliphatic heterocycles. The molecule has 1 fully saturated rings. The Kier molecular flexibility index (Phi) is 6.12. The molecule has 0 spiro atoms. The summed E-state index contributed by atoms with van der Waals surface area (Å²) in [4.78, 5) is 24.3. The van der Waals surface area contributed by atoms with Crippen molar-refractivity contribution in [1.29, 1.82) is 0 Å². The zero-order valence-electron chi connectivity index (χ0n) is 15.8. The summed E-state index contributed by atoms with van der Waals surface area (Å²) in [6.07, 6.45) is 2.44. The van der Waals surface area contributed by atoms with E-state index < -0.39 is 0 Å². The molecule has 2 N–H and O–H groups in total. The highest BCUT2D eigenvalue weighted by Crippen LogP contribution is 2.41. The molecule has 0 saturated heterocycles. The summed E-state index contributed by atoms with van der Waals surface area (Å²) in [6.45, 7) is 1.47. The summed E-state index contributed by atoms with van der Waals surface area (Å²) in [5, 5.41) is 6.06. The van der Waals surface area contributed by atoms with E-state index in [1.807, 2.05) is 54.6 Å². The molecule has 2 unspecified atom stereocenters. The average molecular weight is 366 g/mol. The minimum atomic E-state index is -0.334. The Morgan fingerprint density at radius 3 is 2.22 bits per heavy atom. The summed E-state index contributed by atoms with van der Waals surface area (Å²) in [5.41, 5.74) is 2.01. The second kappa shape index (κ2) is 8.71. The Labute approximate surface area is 160 Å². The van der Waals surface area contributed by atoms with E-state index in [1.165, 1.54) is 6.92 Å². The molecule has 142 valence electrons. The van der Waals surface area contributed by atoms with E-state index in [0.717, 1.165) is 29.7 Å². The van der Waals surface area contributed by atoms with Crippen LogP contribution in [-0.2, 0) is 9.59 Å². The first kappa shape index (κ1) is 19.0. The average Bonchev–Trinajstić information content (AvgIpc) is 3.51. The number of benzene rings is 2. The highest BCUT2D eigenvalue weighted by molar-refractivity contribution is 5.79. The van der Waals surface area contributed by atoms with Crippen LogP contribution >= 0.6 is 0 Å². The minimum absolute atomic E-state index is 0.00263. The predicted molar refractivity (Wildman–Crippen MR) is 104 cm³/mol. The first-order chi connectivity index (χ1) is 13.1. The molecular weight excluding hydrogens is 340 g/mol. The van der Waals surface area contributed by atoms with Gasteiger partial charge in [0.2, 0.25) is 11.8 Å². The number of hydrogen-bond acceptors (Lipinski definition) is 3. The molecule has 1 saturated carbocycles. The lowest BCUT2D eigenvalue weighted by molar-refractivity contribution is -0.123. The standard InChI is InChI=1S/C22H26N2O3/c1-15(25)23-20(16-6-4-3-5-7-16)14-21(26)24-22(17-8-9-17)18-10-12-19(27-2)13-11-18/h3-7,10-13,17,20,22H,8-9,14H2,1-2H3,(H,23,25)(H,24,26). The zero-order valence-corrected chi connectivity index (χ0v) is 15.8. The Hall–Kier alpha value is -2.82. The van der Waals surface area contributed by atoms with Gasteiger partial charge in [0.25, 0.3) is 0 Å². The summed E-state index contributed by atoms with van der Waals surface area (Å²) in [5.74, 6) is 1.06. The maximum absolute atomic E-state index is 12.8. The Bertz CT molecular complexity index is 770. The number of carbonyl (C=O) groups is 2. The van der Waals surface area contributed by atoms with Gasteiger partial charge in [-0.2, -0.15) is 0 Å². The van der Waals surface area contributed by atoms with Crippen molar-refractivity contribution in [3.63, 3.8) is 0 Å². The van der Waals surface area contributed by atoms with Crippen LogP contribution in [0.2, 0.25) is 0 Å². The van der Waals surface area contributed by atoms with Crippen molar-refractivity contribution in [1.82, 2.24) is 10.6 Å². The van der Waals surface area contributed by atoms with Crippen LogP contribution < -0.4 is 15.4 Å². The molecule has 0 bridgehead atoms. The van der Waals surface area contributed by atoms with Crippen LogP contribution in [0.15, 0.2) is 54.6 Å². The molecule has 2 atom stereocenters. The van der Waals surface area contributed by atoms with E-state index in [2.05, 4.69) is 10.6 Å². The van der Waals surface area contributed by atoms with Crippen molar-refractivity contribution in [3.05, 3.63) is 65.7 Å². The zero-order chi connectivity index (χ0) is 19.2. The topological polar surface area (TPSA) is 67.4 Å². The van der Waals surface area contributed by atoms with E-state index >= 15 is 0 Å².